The second-order valence-corrected chi connectivity index (χ2v) is 5.75. The van der Waals surface area contributed by atoms with Crippen LogP contribution in [0.25, 0.3) is 0 Å². The van der Waals surface area contributed by atoms with Crippen molar-refractivity contribution in [3.8, 4) is 11.5 Å². The van der Waals surface area contributed by atoms with E-state index in [1.807, 2.05) is 30.3 Å². The summed E-state index contributed by atoms with van der Waals surface area (Å²) in [6.07, 6.45) is 1.89. The molecule has 0 radical (unpaired) electrons. The minimum Gasteiger partial charge on any atom is -0.504 e. The Bertz CT molecular complexity index is 692. The second-order valence-electron chi connectivity index (χ2n) is 5.75. The maximum Gasteiger partial charge on any atom is 0.160 e. The van der Waals surface area contributed by atoms with Crippen LogP contribution in [0.5, 0.6) is 11.5 Å². The number of hydrogen-bond donors (Lipinski definition) is 1. The molecule has 2 aromatic rings. The summed E-state index contributed by atoms with van der Waals surface area (Å²) in [5.74, 6) is 0.384. The quantitative estimate of drug-likeness (QED) is 0.716. The van der Waals surface area contributed by atoms with Gasteiger partial charge < -0.3 is 9.84 Å². The van der Waals surface area contributed by atoms with E-state index in [4.69, 9.17) is 4.74 Å². The zero-order valence-electron chi connectivity index (χ0n) is 13.8. The molecular weight excluding hydrogens is 304 g/mol. The normalized spacial score (nSPS) is 10.4. The molecule has 0 aliphatic heterocycles. The molecule has 0 saturated heterocycles. The highest BCUT2D eigenvalue weighted by Gasteiger charge is 2.11. The van der Waals surface area contributed by atoms with Crippen LogP contribution in [0, 0.1) is 0 Å². The smallest absolute Gasteiger partial charge is 0.160 e. The number of aromatic hydroxyl groups is 1. The van der Waals surface area contributed by atoms with Crippen LogP contribution >= 0.6 is 0 Å². The van der Waals surface area contributed by atoms with E-state index < -0.39 is 0 Å². The van der Waals surface area contributed by atoms with E-state index in [1.54, 1.807) is 18.2 Å². The van der Waals surface area contributed by atoms with Crippen LogP contribution in [-0.2, 0) is 22.4 Å². The number of rotatable bonds is 9. The number of aryl methyl sites for hydroxylation is 2. The summed E-state index contributed by atoms with van der Waals surface area (Å²) in [6, 6.07) is 14.8. The summed E-state index contributed by atoms with van der Waals surface area (Å²) in [7, 11) is 1.48. The highest BCUT2D eigenvalue weighted by molar-refractivity contribution is 5.99. The first-order valence-electron chi connectivity index (χ1n) is 8.01. The van der Waals surface area contributed by atoms with Crippen LogP contribution in [0.1, 0.15) is 30.4 Å². The highest BCUT2D eigenvalue weighted by atomic mass is 16.5. The first-order chi connectivity index (χ1) is 11.6. The van der Waals surface area contributed by atoms with Crippen LogP contribution < -0.4 is 4.74 Å². The number of methoxy groups -OCH3 is 1. The summed E-state index contributed by atoms with van der Waals surface area (Å²) in [5.41, 5.74) is 2.00. The number of ether oxygens (including phenoxy) is 1. The van der Waals surface area contributed by atoms with Crippen molar-refractivity contribution in [1.82, 2.24) is 0 Å². The molecule has 0 aliphatic rings. The number of hydrogen-bond acceptors (Lipinski definition) is 4. The molecule has 0 aliphatic carbocycles. The van der Waals surface area contributed by atoms with Gasteiger partial charge in [-0.3, -0.25) is 9.59 Å². The number of phenols is 1. The number of ketones is 2. The van der Waals surface area contributed by atoms with Crippen molar-refractivity contribution in [3.63, 3.8) is 0 Å². The molecule has 2 aromatic carbocycles. The number of carbonyl (C=O) groups is 2. The molecular formula is C20H22O4. The predicted octanol–water partition coefficient (Wildman–Crippen LogP) is 3.49. The molecule has 0 atom stereocenters. The van der Waals surface area contributed by atoms with Gasteiger partial charge in [0, 0.05) is 12.8 Å². The number of phenolic OH excluding ortho intramolecular Hbond substituents is 1. The third-order valence-corrected chi connectivity index (χ3v) is 3.87. The molecule has 0 saturated carbocycles. The molecule has 0 unspecified atom stereocenters. The van der Waals surface area contributed by atoms with Gasteiger partial charge in [-0.1, -0.05) is 36.4 Å². The lowest BCUT2D eigenvalue weighted by Gasteiger charge is -2.06. The van der Waals surface area contributed by atoms with Crippen LogP contribution in [0.15, 0.2) is 48.5 Å². The maximum atomic E-state index is 12.0. The molecule has 0 heterocycles. The summed E-state index contributed by atoms with van der Waals surface area (Å²) in [6.45, 7) is 0. The Morgan fingerprint density at radius 3 is 2.17 bits per heavy atom. The van der Waals surface area contributed by atoms with Gasteiger partial charge in [0.05, 0.1) is 13.5 Å². The number of carbonyl (C=O) groups excluding carboxylic acids is 2. The van der Waals surface area contributed by atoms with Crippen LogP contribution in [0.2, 0.25) is 0 Å². The van der Waals surface area contributed by atoms with E-state index in [1.165, 1.54) is 7.11 Å². The molecule has 126 valence electrons. The topological polar surface area (TPSA) is 63.6 Å². The van der Waals surface area contributed by atoms with Crippen molar-refractivity contribution in [3.05, 3.63) is 59.7 Å². The van der Waals surface area contributed by atoms with Gasteiger partial charge in [-0.15, -0.1) is 0 Å². The average Bonchev–Trinajstić information content (AvgIpc) is 2.60. The first-order valence-corrected chi connectivity index (χ1v) is 8.01. The Morgan fingerprint density at radius 2 is 1.54 bits per heavy atom. The lowest BCUT2D eigenvalue weighted by atomic mass is 10.0. The predicted molar refractivity (Wildman–Crippen MR) is 92.4 cm³/mol. The second kappa shape index (κ2) is 8.87. The summed E-state index contributed by atoms with van der Waals surface area (Å²) < 4.78 is 5.04. The zero-order valence-corrected chi connectivity index (χ0v) is 13.8. The van der Waals surface area contributed by atoms with E-state index >= 15 is 0 Å². The lowest BCUT2D eigenvalue weighted by molar-refractivity contribution is -0.126. The van der Waals surface area contributed by atoms with Crippen LogP contribution in [0.3, 0.4) is 0 Å². The van der Waals surface area contributed by atoms with Gasteiger partial charge in [0.2, 0.25) is 0 Å². The molecule has 2 rings (SSSR count). The molecule has 0 aromatic heterocycles. The van der Waals surface area contributed by atoms with Gasteiger partial charge in [0.1, 0.15) is 11.6 Å². The average molecular weight is 326 g/mol. The van der Waals surface area contributed by atoms with Crippen LogP contribution in [-0.4, -0.2) is 23.8 Å². The molecule has 0 amide bonds. The fourth-order valence-electron chi connectivity index (χ4n) is 2.49. The van der Waals surface area contributed by atoms with Gasteiger partial charge >= 0.3 is 0 Å². The molecule has 0 fully saturated rings. The lowest BCUT2D eigenvalue weighted by Crippen LogP contribution is -2.09. The van der Waals surface area contributed by atoms with Crippen molar-refractivity contribution in [2.24, 2.45) is 0 Å². The van der Waals surface area contributed by atoms with Gasteiger partial charge in [-0.05, 0) is 36.1 Å². The van der Waals surface area contributed by atoms with Crippen molar-refractivity contribution in [2.75, 3.05) is 7.11 Å². The third-order valence-electron chi connectivity index (χ3n) is 3.87. The minimum absolute atomic E-state index is 0.0119. The van der Waals surface area contributed by atoms with E-state index in [0.717, 1.165) is 11.1 Å². The fourth-order valence-corrected chi connectivity index (χ4v) is 2.49. The van der Waals surface area contributed by atoms with E-state index in [0.29, 0.717) is 31.4 Å². The molecule has 0 spiro atoms. The Balaban J connectivity index is 1.75. The molecule has 0 bridgehead atoms. The van der Waals surface area contributed by atoms with E-state index in [2.05, 4.69) is 0 Å². The Labute approximate surface area is 142 Å². The molecule has 24 heavy (non-hydrogen) atoms. The van der Waals surface area contributed by atoms with E-state index in [-0.39, 0.29) is 23.7 Å². The largest absolute Gasteiger partial charge is 0.504 e. The zero-order chi connectivity index (χ0) is 17.4. The molecule has 1 N–H and O–H groups in total. The van der Waals surface area contributed by atoms with E-state index in [9.17, 15) is 14.7 Å². The summed E-state index contributed by atoms with van der Waals surface area (Å²) in [4.78, 5) is 23.9. The van der Waals surface area contributed by atoms with Crippen molar-refractivity contribution < 1.29 is 19.4 Å². The van der Waals surface area contributed by atoms with Gasteiger partial charge in [0.15, 0.2) is 11.5 Å². The van der Waals surface area contributed by atoms with Gasteiger partial charge in [0.25, 0.3) is 0 Å². The monoisotopic (exact) mass is 326 g/mol. The Hall–Kier alpha value is -2.62. The van der Waals surface area contributed by atoms with Crippen LogP contribution in [0.4, 0.5) is 0 Å². The first kappa shape index (κ1) is 17.7. The minimum atomic E-state index is -0.0555. The summed E-state index contributed by atoms with van der Waals surface area (Å²) >= 11 is 0. The van der Waals surface area contributed by atoms with Gasteiger partial charge in [-0.2, -0.15) is 0 Å². The molecule has 4 nitrogen and oxygen atoms in total. The standard InChI is InChI=1S/C20H22O4/c1-24-20-13-16(9-12-19(20)23)8-11-18(22)14-17(21)10-7-15-5-3-2-4-6-15/h2-6,9,12-13,23H,7-8,10-11,14H2,1H3. The Morgan fingerprint density at radius 1 is 0.917 bits per heavy atom. The highest BCUT2D eigenvalue weighted by Crippen LogP contribution is 2.26. The number of Topliss-reactive ketones (excluding diaryl/α,β-unsaturated/α-hetero) is 2. The van der Waals surface area contributed by atoms with Gasteiger partial charge in [-0.25, -0.2) is 0 Å². The Kier molecular flexibility index (Phi) is 6.55. The van der Waals surface area contributed by atoms with Crippen molar-refractivity contribution in [1.29, 1.82) is 0 Å². The third kappa shape index (κ3) is 5.54. The summed E-state index contributed by atoms with van der Waals surface area (Å²) in [5, 5.41) is 9.55. The maximum absolute atomic E-state index is 12.0. The fraction of sp³-hybridized carbons (Fsp3) is 0.300. The molecule has 4 heteroatoms. The van der Waals surface area contributed by atoms with Crippen molar-refractivity contribution >= 4 is 11.6 Å². The SMILES string of the molecule is COc1cc(CCC(=O)CC(=O)CCc2ccccc2)ccc1O. The van der Waals surface area contributed by atoms with Crippen molar-refractivity contribution in [2.45, 2.75) is 32.1 Å². The number of benzene rings is 2.